The maximum absolute atomic E-state index is 4.86. The molecule has 1 aliphatic heterocycles. The minimum atomic E-state index is 0.381. The zero-order valence-electron chi connectivity index (χ0n) is 13.4. The third kappa shape index (κ3) is 3.82. The van der Waals surface area contributed by atoms with Crippen LogP contribution in [0.15, 0.2) is 6.07 Å². The van der Waals surface area contributed by atoms with Crippen LogP contribution in [0.1, 0.15) is 51.8 Å². The van der Waals surface area contributed by atoms with Crippen molar-refractivity contribution in [2.75, 3.05) is 35.6 Å². The molecule has 0 amide bonds. The Balaban J connectivity index is 1.82. The van der Waals surface area contributed by atoms with Gasteiger partial charge in [-0.05, 0) is 26.2 Å². The van der Waals surface area contributed by atoms with E-state index in [1.165, 1.54) is 25.0 Å². The second kappa shape index (κ2) is 6.03. The number of hydrogen-bond acceptors (Lipinski definition) is 5. The lowest BCUT2D eigenvalue weighted by molar-refractivity contribution is 0.634. The normalized spacial score (nSPS) is 22.0. The van der Waals surface area contributed by atoms with Gasteiger partial charge in [0.1, 0.15) is 17.5 Å². The van der Waals surface area contributed by atoms with Gasteiger partial charge in [0.2, 0.25) is 0 Å². The summed E-state index contributed by atoms with van der Waals surface area (Å²) < 4.78 is 0.381. The molecule has 0 bridgehead atoms. The summed E-state index contributed by atoms with van der Waals surface area (Å²) in [6, 6.07) is 2.12. The molecule has 5 heteroatoms. The predicted molar refractivity (Wildman–Crippen MR) is 91.5 cm³/mol. The first-order valence-electron chi connectivity index (χ1n) is 8.09. The van der Waals surface area contributed by atoms with Gasteiger partial charge in [-0.15, -0.1) is 0 Å². The average molecular weight is 306 g/mol. The first kappa shape index (κ1) is 14.9. The van der Waals surface area contributed by atoms with E-state index in [1.54, 1.807) is 0 Å². The van der Waals surface area contributed by atoms with Gasteiger partial charge >= 0.3 is 0 Å². The van der Waals surface area contributed by atoms with Crippen LogP contribution in [0.25, 0.3) is 0 Å². The van der Waals surface area contributed by atoms with Crippen LogP contribution in [0.3, 0.4) is 0 Å². The van der Waals surface area contributed by atoms with Gasteiger partial charge in [-0.25, -0.2) is 9.97 Å². The fourth-order valence-corrected chi connectivity index (χ4v) is 3.76. The molecule has 0 atom stereocenters. The number of nitrogens with zero attached hydrogens (tertiary/aromatic N) is 3. The van der Waals surface area contributed by atoms with Crippen LogP contribution in [0.4, 0.5) is 11.6 Å². The Morgan fingerprint density at radius 1 is 1.33 bits per heavy atom. The van der Waals surface area contributed by atoms with Crippen LogP contribution in [0, 0.1) is 0 Å². The lowest BCUT2D eigenvalue weighted by Crippen LogP contribution is -2.28. The quantitative estimate of drug-likeness (QED) is 0.922. The van der Waals surface area contributed by atoms with E-state index in [0.29, 0.717) is 10.7 Å². The first-order valence-corrected chi connectivity index (χ1v) is 9.08. The van der Waals surface area contributed by atoms with Crippen molar-refractivity contribution in [3.05, 3.63) is 11.9 Å². The summed E-state index contributed by atoms with van der Waals surface area (Å²) in [6.45, 7) is 9.89. The molecule has 0 radical (unpaired) electrons. The number of rotatable bonds is 4. The van der Waals surface area contributed by atoms with Gasteiger partial charge in [0, 0.05) is 42.1 Å². The van der Waals surface area contributed by atoms with Gasteiger partial charge in [0.05, 0.1) is 0 Å². The lowest BCUT2D eigenvalue weighted by atomic mass is 10.1. The van der Waals surface area contributed by atoms with E-state index >= 15 is 0 Å². The first-order chi connectivity index (χ1) is 10.1. The Morgan fingerprint density at radius 2 is 2.14 bits per heavy atom. The summed E-state index contributed by atoms with van der Waals surface area (Å²) in [6.07, 6.45) is 3.70. The second-order valence-corrected chi connectivity index (χ2v) is 8.42. The molecule has 1 saturated carbocycles. The van der Waals surface area contributed by atoms with Crippen LogP contribution in [-0.4, -0.2) is 40.1 Å². The fourth-order valence-electron chi connectivity index (χ4n) is 2.66. The van der Waals surface area contributed by atoms with E-state index in [9.17, 15) is 0 Å². The summed E-state index contributed by atoms with van der Waals surface area (Å²) in [5, 5.41) is 3.36. The molecular formula is C16H26N4S. The standard InChI is InChI=1S/C16H26N4S/c1-4-17-13-11-14(19-15(18-13)12-5-6-12)20-8-7-16(2,3)21-10-9-20/h11-12H,4-10H2,1-3H3,(H,17,18,19). The van der Waals surface area contributed by atoms with E-state index in [0.717, 1.165) is 37.1 Å². The summed E-state index contributed by atoms with van der Waals surface area (Å²) in [7, 11) is 0. The van der Waals surface area contributed by atoms with Gasteiger partial charge in [-0.3, -0.25) is 0 Å². The highest BCUT2D eigenvalue weighted by Gasteiger charge is 2.29. The Kier molecular flexibility index (Phi) is 4.29. The summed E-state index contributed by atoms with van der Waals surface area (Å²) in [5.41, 5.74) is 0. The van der Waals surface area contributed by atoms with E-state index in [-0.39, 0.29) is 0 Å². The van der Waals surface area contributed by atoms with Crippen molar-refractivity contribution in [1.29, 1.82) is 0 Å². The Labute approximate surface area is 132 Å². The van der Waals surface area contributed by atoms with E-state index in [4.69, 9.17) is 4.98 Å². The van der Waals surface area contributed by atoms with Gasteiger partial charge in [-0.2, -0.15) is 11.8 Å². The molecule has 1 saturated heterocycles. The van der Waals surface area contributed by atoms with Crippen LogP contribution in [0.2, 0.25) is 0 Å². The molecule has 2 aliphatic rings. The van der Waals surface area contributed by atoms with E-state index in [2.05, 4.69) is 53.8 Å². The van der Waals surface area contributed by atoms with Crippen LogP contribution in [0.5, 0.6) is 0 Å². The molecule has 116 valence electrons. The Hall–Kier alpha value is -0.970. The number of thioether (sulfide) groups is 1. The van der Waals surface area contributed by atoms with Crippen LogP contribution >= 0.6 is 11.8 Å². The number of hydrogen-bond donors (Lipinski definition) is 1. The van der Waals surface area contributed by atoms with Crippen molar-refractivity contribution in [1.82, 2.24) is 9.97 Å². The van der Waals surface area contributed by atoms with Crippen LogP contribution in [-0.2, 0) is 0 Å². The smallest absolute Gasteiger partial charge is 0.136 e. The van der Waals surface area contributed by atoms with E-state index in [1.807, 2.05) is 0 Å². The minimum Gasteiger partial charge on any atom is -0.370 e. The summed E-state index contributed by atoms with van der Waals surface area (Å²) in [5.74, 6) is 4.91. The summed E-state index contributed by atoms with van der Waals surface area (Å²) in [4.78, 5) is 12.0. The molecule has 3 rings (SSSR count). The molecule has 1 aromatic rings. The number of anilines is 2. The molecule has 2 heterocycles. The van der Waals surface area contributed by atoms with Crippen LogP contribution < -0.4 is 10.2 Å². The van der Waals surface area contributed by atoms with Crippen molar-refractivity contribution in [3.8, 4) is 0 Å². The van der Waals surface area contributed by atoms with Gasteiger partial charge in [-0.1, -0.05) is 13.8 Å². The largest absolute Gasteiger partial charge is 0.370 e. The molecule has 2 fully saturated rings. The zero-order chi connectivity index (χ0) is 14.9. The Bertz CT molecular complexity index is 499. The van der Waals surface area contributed by atoms with Crippen molar-refractivity contribution in [2.45, 2.75) is 50.7 Å². The van der Waals surface area contributed by atoms with Crippen molar-refractivity contribution < 1.29 is 0 Å². The molecule has 1 aliphatic carbocycles. The third-order valence-corrected chi connectivity index (χ3v) is 5.56. The van der Waals surface area contributed by atoms with Crippen molar-refractivity contribution in [3.63, 3.8) is 0 Å². The third-order valence-electron chi connectivity index (χ3n) is 4.19. The molecule has 21 heavy (non-hydrogen) atoms. The molecule has 1 aromatic heterocycles. The highest BCUT2D eigenvalue weighted by atomic mass is 32.2. The molecule has 4 nitrogen and oxygen atoms in total. The topological polar surface area (TPSA) is 41.0 Å². The Morgan fingerprint density at radius 3 is 2.86 bits per heavy atom. The average Bonchev–Trinajstić information content (AvgIpc) is 3.26. The highest BCUT2D eigenvalue weighted by molar-refractivity contribution is 8.00. The molecular weight excluding hydrogens is 280 g/mol. The second-order valence-electron chi connectivity index (χ2n) is 6.62. The minimum absolute atomic E-state index is 0.381. The predicted octanol–water partition coefficient (Wildman–Crippen LogP) is 3.51. The maximum atomic E-state index is 4.86. The monoisotopic (exact) mass is 306 g/mol. The SMILES string of the molecule is CCNc1cc(N2CCSC(C)(C)CC2)nc(C2CC2)n1. The van der Waals surface area contributed by atoms with Crippen molar-refractivity contribution in [2.24, 2.45) is 0 Å². The highest BCUT2D eigenvalue weighted by Crippen LogP contribution is 2.39. The van der Waals surface area contributed by atoms with E-state index < -0.39 is 0 Å². The molecule has 0 spiro atoms. The number of nitrogens with one attached hydrogen (secondary N) is 1. The molecule has 0 unspecified atom stereocenters. The molecule has 1 N–H and O–H groups in total. The molecule has 0 aromatic carbocycles. The number of aromatic nitrogens is 2. The lowest BCUT2D eigenvalue weighted by Gasteiger charge is -2.24. The van der Waals surface area contributed by atoms with Gasteiger partial charge < -0.3 is 10.2 Å². The van der Waals surface area contributed by atoms with Crippen molar-refractivity contribution >= 4 is 23.4 Å². The zero-order valence-corrected chi connectivity index (χ0v) is 14.2. The van der Waals surface area contributed by atoms with Gasteiger partial charge in [0.25, 0.3) is 0 Å². The maximum Gasteiger partial charge on any atom is 0.136 e. The summed E-state index contributed by atoms with van der Waals surface area (Å²) >= 11 is 2.08. The van der Waals surface area contributed by atoms with Gasteiger partial charge in [0.15, 0.2) is 0 Å². The fraction of sp³-hybridized carbons (Fsp3) is 0.750.